The van der Waals surface area contributed by atoms with Gasteiger partial charge in [-0.1, -0.05) is 61.2 Å². The predicted molar refractivity (Wildman–Crippen MR) is 73.9 cm³/mol. The molecule has 0 heteroatoms. The van der Waals surface area contributed by atoms with E-state index < -0.39 is 0 Å². The van der Waals surface area contributed by atoms with Crippen molar-refractivity contribution in [3.8, 4) is 0 Å². The molecule has 0 radical (unpaired) electrons. The molecule has 17 heavy (non-hydrogen) atoms. The van der Waals surface area contributed by atoms with Crippen molar-refractivity contribution in [2.24, 2.45) is 0 Å². The third kappa shape index (κ3) is 1.07. The topological polar surface area (TPSA) is 0 Å². The standard InChI is InChI=1S/C17H12/c1-11-5-6-14-8-7-12-3-2-4-13-9-10-15(11)17(14)16(12)13/h2-10,14H,1H2. The van der Waals surface area contributed by atoms with E-state index in [1.165, 1.54) is 27.5 Å². The molecule has 4 rings (SSSR count). The quantitative estimate of drug-likeness (QED) is 0.606. The van der Waals surface area contributed by atoms with Crippen LogP contribution in [0.5, 0.6) is 0 Å². The van der Waals surface area contributed by atoms with E-state index in [2.05, 4.69) is 61.2 Å². The highest BCUT2D eigenvalue weighted by Crippen LogP contribution is 2.42. The monoisotopic (exact) mass is 216 g/mol. The van der Waals surface area contributed by atoms with Crippen molar-refractivity contribution in [2.45, 2.75) is 5.92 Å². The van der Waals surface area contributed by atoms with E-state index in [-0.39, 0.29) is 0 Å². The second-order valence-electron chi connectivity index (χ2n) is 4.74. The van der Waals surface area contributed by atoms with E-state index in [1.807, 2.05) is 0 Å². The summed E-state index contributed by atoms with van der Waals surface area (Å²) in [7, 11) is 0. The Kier molecular flexibility index (Phi) is 1.58. The minimum absolute atomic E-state index is 0.425. The third-order valence-electron chi connectivity index (χ3n) is 3.79. The van der Waals surface area contributed by atoms with Gasteiger partial charge in [0.1, 0.15) is 0 Å². The van der Waals surface area contributed by atoms with Crippen molar-refractivity contribution in [2.75, 3.05) is 0 Å². The molecule has 80 valence electrons. The Morgan fingerprint density at radius 2 is 1.82 bits per heavy atom. The molecule has 2 aromatic carbocycles. The molecule has 1 atom stereocenters. The van der Waals surface area contributed by atoms with E-state index >= 15 is 0 Å². The lowest BCUT2D eigenvalue weighted by atomic mass is 9.78. The Morgan fingerprint density at radius 1 is 0.941 bits per heavy atom. The molecule has 0 aliphatic heterocycles. The molecule has 0 nitrogen and oxygen atoms in total. The molecular formula is C17H12. The van der Waals surface area contributed by atoms with Crippen molar-refractivity contribution < 1.29 is 0 Å². The minimum atomic E-state index is 0.425. The van der Waals surface area contributed by atoms with Gasteiger partial charge in [0.25, 0.3) is 0 Å². The minimum Gasteiger partial charge on any atom is -0.0912 e. The SMILES string of the molecule is C=C1C=CC2C=Cc3cccc4ccc1c2c34. The van der Waals surface area contributed by atoms with Gasteiger partial charge in [-0.2, -0.15) is 0 Å². The summed E-state index contributed by atoms with van der Waals surface area (Å²) in [6.45, 7) is 4.14. The Balaban J connectivity index is 2.25. The van der Waals surface area contributed by atoms with Gasteiger partial charge in [-0.25, -0.2) is 0 Å². The molecule has 2 aromatic rings. The number of benzene rings is 2. The highest BCUT2D eigenvalue weighted by atomic mass is 14.3. The molecule has 0 aromatic heterocycles. The number of rotatable bonds is 0. The normalized spacial score (nSPS) is 20.0. The van der Waals surface area contributed by atoms with Gasteiger partial charge in [0.15, 0.2) is 0 Å². The Bertz CT molecular complexity index is 714. The summed E-state index contributed by atoms with van der Waals surface area (Å²) in [4.78, 5) is 0. The van der Waals surface area contributed by atoms with Crippen LogP contribution in [0.2, 0.25) is 0 Å². The molecule has 0 heterocycles. The van der Waals surface area contributed by atoms with Gasteiger partial charge < -0.3 is 0 Å². The second-order valence-corrected chi connectivity index (χ2v) is 4.74. The van der Waals surface area contributed by atoms with Crippen LogP contribution in [0.25, 0.3) is 22.4 Å². The average molecular weight is 216 g/mol. The fourth-order valence-corrected chi connectivity index (χ4v) is 2.97. The van der Waals surface area contributed by atoms with Crippen LogP contribution >= 0.6 is 0 Å². The molecule has 0 fully saturated rings. The lowest BCUT2D eigenvalue weighted by Gasteiger charge is -2.25. The first-order chi connectivity index (χ1) is 8.34. The lowest BCUT2D eigenvalue weighted by Crippen LogP contribution is -2.06. The number of allylic oxidation sites excluding steroid dienone is 4. The summed E-state index contributed by atoms with van der Waals surface area (Å²) in [5.41, 5.74) is 5.21. The van der Waals surface area contributed by atoms with Crippen LogP contribution in [0.3, 0.4) is 0 Å². The molecular weight excluding hydrogens is 204 g/mol. The van der Waals surface area contributed by atoms with E-state index in [1.54, 1.807) is 0 Å². The van der Waals surface area contributed by atoms with Crippen LogP contribution in [-0.4, -0.2) is 0 Å². The van der Waals surface area contributed by atoms with Gasteiger partial charge in [0, 0.05) is 5.92 Å². The molecule has 0 spiro atoms. The summed E-state index contributed by atoms with van der Waals surface area (Å²) in [5, 5.41) is 2.74. The lowest BCUT2D eigenvalue weighted by molar-refractivity contribution is 1.08. The fourth-order valence-electron chi connectivity index (χ4n) is 2.97. The van der Waals surface area contributed by atoms with E-state index in [9.17, 15) is 0 Å². The molecule has 0 N–H and O–H groups in total. The first kappa shape index (κ1) is 9.00. The van der Waals surface area contributed by atoms with Gasteiger partial charge in [0.05, 0.1) is 0 Å². The maximum atomic E-state index is 4.14. The van der Waals surface area contributed by atoms with Crippen molar-refractivity contribution in [3.05, 3.63) is 71.8 Å². The summed E-state index contributed by atoms with van der Waals surface area (Å²) in [5.74, 6) is 0.425. The van der Waals surface area contributed by atoms with Crippen LogP contribution in [0.4, 0.5) is 0 Å². The molecule has 0 saturated carbocycles. The van der Waals surface area contributed by atoms with Crippen LogP contribution in [0.1, 0.15) is 22.6 Å². The Morgan fingerprint density at radius 3 is 2.76 bits per heavy atom. The molecule has 0 saturated heterocycles. The van der Waals surface area contributed by atoms with Crippen molar-refractivity contribution in [1.29, 1.82) is 0 Å². The van der Waals surface area contributed by atoms with Crippen molar-refractivity contribution in [1.82, 2.24) is 0 Å². The molecule has 0 amide bonds. The Hall–Kier alpha value is -2.08. The van der Waals surface area contributed by atoms with Crippen molar-refractivity contribution >= 4 is 22.4 Å². The van der Waals surface area contributed by atoms with Crippen LogP contribution in [0.15, 0.2) is 55.1 Å². The smallest absolute Gasteiger partial charge is 0.0217 e. The van der Waals surface area contributed by atoms with Gasteiger partial charge in [-0.15, -0.1) is 0 Å². The average Bonchev–Trinajstić information content (AvgIpc) is 2.38. The zero-order valence-electron chi connectivity index (χ0n) is 9.48. The zero-order valence-corrected chi connectivity index (χ0v) is 9.48. The van der Waals surface area contributed by atoms with Crippen molar-refractivity contribution in [3.63, 3.8) is 0 Å². The summed E-state index contributed by atoms with van der Waals surface area (Å²) < 4.78 is 0. The maximum Gasteiger partial charge on any atom is 0.0217 e. The predicted octanol–water partition coefficient (Wildman–Crippen LogP) is 4.53. The maximum absolute atomic E-state index is 4.14. The van der Waals surface area contributed by atoms with Gasteiger partial charge in [0.2, 0.25) is 0 Å². The van der Waals surface area contributed by atoms with Crippen LogP contribution in [-0.2, 0) is 0 Å². The van der Waals surface area contributed by atoms with Crippen LogP contribution < -0.4 is 0 Å². The fraction of sp³-hybridized carbons (Fsp3) is 0.0588. The summed E-state index contributed by atoms with van der Waals surface area (Å²) in [6.07, 6.45) is 8.90. The van der Waals surface area contributed by atoms with E-state index in [0.717, 1.165) is 5.57 Å². The van der Waals surface area contributed by atoms with E-state index in [0.29, 0.717) is 5.92 Å². The number of hydrogen-bond acceptors (Lipinski definition) is 0. The highest BCUT2D eigenvalue weighted by Gasteiger charge is 2.22. The third-order valence-corrected chi connectivity index (χ3v) is 3.79. The molecule has 0 bridgehead atoms. The Labute approximate surface area is 101 Å². The number of hydrogen-bond donors (Lipinski definition) is 0. The molecule has 2 aliphatic carbocycles. The van der Waals surface area contributed by atoms with Gasteiger partial charge in [-0.05, 0) is 33.0 Å². The van der Waals surface area contributed by atoms with E-state index in [4.69, 9.17) is 0 Å². The zero-order chi connectivity index (χ0) is 11.4. The second kappa shape index (κ2) is 2.98. The summed E-state index contributed by atoms with van der Waals surface area (Å²) in [6, 6.07) is 10.9. The molecule has 1 unspecified atom stereocenters. The largest absolute Gasteiger partial charge is 0.0912 e. The highest BCUT2D eigenvalue weighted by molar-refractivity contribution is 6.00. The molecule has 2 aliphatic rings. The van der Waals surface area contributed by atoms with Crippen LogP contribution in [0, 0.1) is 0 Å². The first-order valence-electron chi connectivity index (χ1n) is 5.96. The summed E-state index contributed by atoms with van der Waals surface area (Å²) >= 11 is 0. The van der Waals surface area contributed by atoms with Gasteiger partial charge >= 0.3 is 0 Å². The first-order valence-corrected chi connectivity index (χ1v) is 5.96. The van der Waals surface area contributed by atoms with Gasteiger partial charge in [-0.3, -0.25) is 0 Å².